The molecule has 3 amide bonds. The third-order valence-electron chi connectivity index (χ3n) is 19.5. The molecular weight excluding hydrogens is 1580 g/mol. The van der Waals surface area contributed by atoms with E-state index in [4.69, 9.17) is 50.1 Å². The molecule has 15 rings (SSSR count). The number of nitrogens with two attached hydrogens (primary N) is 1. The number of benzene rings is 2. The number of nitriles is 1. The number of aromatic amines is 1. The number of halogens is 3. The zero-order chi connectivity index (χ0) is 80.0. The summed E-state index contributed by atoms with van der Waals surface area (Å²) in [6.45, 7) is 13.8. The van der Waals surface area contributed by atoms with Gasteiger partial charge in [0.15, 0.2) is 12.3 Å². The van der Waals surface area contributed by atoms with Crippen LogP contribution in [0, 0.1) is 74.2 Å². The van der Waals surface area contributed by atoms with Crippen LogP contribution >= 0.6 is 22.6 Å². The zero-order valence-electron chi connectivity index (χ0n) is 64.3. The quantitative estimate of drug-likeness (QED) is 0.0421. The van der Waals surface area contributed by atoms with Crippen molar-refractivity contribution in [1.29, 1.82) is 5.26 Å². The van der Waals surface area contributed by atoms with E-state index in [2.05, 4.69) is 141 Å². The maximum absolute atomic E-state index is 14.2. The Hall–Kier alpha value is -10.7. The monoisotopic (exact) mass is 1670 g/mol. The van der Waals surface area contributed by atoms with Crippen LogP contribution < -0.4 is 35.3 Å². The minimum absolute atomic E-state index is 0.0344. The van der Waals surface area contributed by atoms with E-state index in [1.165, 1.54) is 56.1 Å². The van der Waals surface area contributed by atoms with Gasteiger partial charge in [0.05, 0.1) is 105 Å². The number of fused-ring (bicyclic) bond motifs is 2. The number of H-pyrrole nitrogens is 1. The van der Waals surface area contributed by atoms with E-state index in [0.29, 0.717) is 62.4 Å². The molecule has 13 heterocycles. The molecule has 9 aromatic rings. The molecule has 27 nitrogen and oxygen atoms in total. The van der Waals surface area contributed by atoms with Crippen molar-refractivity contribution in [2.75, 3.05) is 53.9 Å². The summed E-state index contributed by atoms with van der Waals surface area (Å²) in [4.78, 5) is 44.4. The zero-order valence-corrected chi connectivity index (χ0v) is 67.5. The van der Waals surface area contributed by atoms with Crippen molar-refractivity contribution in [2.24, 2.45) is 17.6 Å². The molecule has 31 heteroatoms. The third-order valence-corrected chi connectivity index (χ3v) is 21.0. The second-order valence-corrected chi connectivity index (χ2v) is 34.6. The van der Waals surface area contributed by atoms with E-state index < -0.39 is 62.1 Å². The fraction of sp³-hybridized carbons (Fsp3) is 0.451. The predicted octanol–water partition coefficient (Wildman–Crippen LogP) is 11.9. The van der Waals surface area contributed by atoms with Crippen LogP contribution in [0.3, 0.4) is 0 Å². The van der Waals surface area contributed by atoms with E-state index in [9.17, 15) is 28.4 Å². The van der Waals surface area contributed by atoms with Gasteiger partial charge in [-0.3, -0.25) is 19.5 Å². The predicted molar refractivity (Wildman–Crippen MR) is 428 cm³/mol. The Morgan fingerprint density at radius 2 is 1.03 bits per heavy atom. The lowest BCUT2D eigenvalue weighted by atomic mass is 9.97. The topological polar surface area (TPSA) is 325 Å². The molecule has 0 radical (unpaired) electrons. The van der Waals surface area contributed by atoms with Gasteiger partial charge in [0.1, 0.15) is 63.8 Å². The lowest BCUT2D eigenvalue weighted by Gasteiger charge is -2.22. The van der Waals surface area contributed by atoms with Gasteiger partial charge in [-0.15, -0.1) is 12.0 Å². The number of hydrogen-bond donors (Lipinski definition) is 4. The van der Waals surface area contributed by atoms with Crippen LogP contribution in [-0.2, 0) is 28.5 Å². The molecule has 0 bridgehead atoms. The molecule has 0 spiro atoms. The fourth-order valence-corrected chi connectivity index (χ4v) is 14.4. The molecule has 113 heavy (non-hydrogen) atoms. The summed E-state index contributed by atoms with van der Waals surface area (Å²) in [7, 11) is 1.60. The Morgan fingerprint density at radius 3 is 1.42 bits per heavy atom. The number of amides is 3. The van der Waals surface area contributed by atoms with Crippen molar-refractivity contribution in [3.05, 3.63) is 147 Å². The van der Waals surface area contributed by atoms with Crippen LogP contribution in [0.5, 0.6) is 23.3 Å². The molecule has 6 fully saturated rings. The largest absolute Gasteiger partial charge is 0.496 e. The van der Waals surface area contributed by atoms with Crippen molar-refractivity contribution in [1.82, 2.24) is 69.9 Å². The number of ether oxygens (including phenoxy) is 8. The number of nitrogens with zero attached hydrogens (tertiary/aromatic N) is 12. The van der Waals surface area contributed by atoms with E-state index >= 15 is 0 Å². The van der Waals surface area contributed by atoms with Crippen molar-refractivity contribution in [2.45, 2.75) is 173 Å². The summed E-state index contributed by atoms with van der Waals surface area (Å²) in [5.74, 6) is 16.3. The maximum atomic E-state index is 14.2. The van der Waals surface area contributed by atoms with Gasteiger partial charge >= 0.3 is 0 Å². The summed E-state index contributed by atoms with van der Waals surface area (Å²) in [5, 5.41) is 41.0. The fourth-order valence-electron chi connectivity index (χ4n) is 13.5. The SMILES string of the molecule is C#Cc1cnn(C2CCCCO2)c1.CC[C@@H]1[C@H](F)C(=O)N[C@@H]1COc1ncc(C#Cc2cn[nH]c2)c2cc(C(N)=O)c(OC)cc12.CC[C@@H]1[C@H](F)C(=O)N[C@@H]1COc1ncc(C#Cc2cnn(C3CCCCO3)c2)c2cc(C#N)c(OC)cc12.C[Si](C)(C)C#Cc1cnn(C2CCCCO2)c1.Ic1cnn(C2CCCCO2)c1. The number of rotatable bonds is 15. The van der Waals surface area contributed by atoms with Crippen LogP contribution in [-0.4, -0.2) is 163 Å². The van der Waals surface area contributed by atoms with E-state index in [1.807, 2.05) is 65.1 Å². The molecule has 0 aliphatic carbocycles. The number of nitrogens with one attached hydrogen (secondary N) is 3. The number of pyridine rings is 2. The molecule has 10 atom stereocenters. The number of primary amides is 1. The highest BCUT2D eigenvalue weighted by molar-refractivity contribution is 14.1. The summed E-state index contributed by atoms with van der Waals surface area (Å²) in [6.07, 6.45) is 38.0. The number of alkyl halides is 2. The van der Waals surface area contributed by atoms with Crippen molar-refractivity contribution >= 4 is 69.9 Å². The molecule has 0 saturated carbocycles. The first-order valence-electron chi connectivity index (χ1n) is 37.9. The Kier molecular flexibility index (Phi) is 29.6. The Labute approximate surface area is 669 Å². The second kappa shape index (κ2) is 40.2. The standard InChI is InChI=1S/C28H28FN5O4.C23H22FN5O4.C13H20N2OSi.C10H12N2O.C8H11IN2O/c1-3-20-23(33-27(35)26(20)29)16-38-28-22-11-24(36-2)19(12-30)10-21(22)18(14-31-28)8-7-17-13-32-34(15-17)25-6-4-5-9-37-25;1-3-14-18(29-22(31)20(14)24)11-33-23-16-7-19(32-2)17(21(25)30)6-15(16)13(10-26-23)5-4-12-8-27-28-9-12;1-17(2,3)9-7-12-10-14-15(11-12)13-6-4-5-8-16-13;1-2-9-7-11-12(8-9)10-5-3-4-6-13-10;9-7-5-10-11(6-7)8-3-1-2-4-12-8/h10-11,13-15,20,23,25-26H,3-6,9,16H2,1-2H3,(H,33,35);6-10,14,18,20H,3,11H2,1-2H3,(H2,25,30)(H,27,28)(H,29,31);10-11,13H,4-6,8H2,1-3H3;1,7-8,10H,3-6H2;5-6,8H,1-4H2/t20-,23+,25?,26-;14-,18+,20-;;;/m00.../s1. The first-order valence-corrected chi connectivity index (χ1v) is 42.5. The smallest absolute Gasteiger partial charge is 0.255 e. The molecule has 6 saturated heterocycles. The van der Waals surface area contributed by atoms with Crippen molar-refractivity contribution in [3.8, 4) is 76.8 Å². The summed E-state index contributed by atoms with van der Waals surface area (Å²) in [6, 6.07) is 7.75. The number of terminal acetylenes is 1. The Bertz CT molecular complexity index is 5030. The molecule has 5 N–H and O–H groups in total. The number of carbonyl (C=O) groups is 3. The van der Waals surface area contributed by atoms with Crippen molar-refractivity contribution in [3.63, 3.8) is 0 Å². The third kappa shape index (κ3) is 22.2. The van der Waals surface area contributed by atoms with Gasteiger partial charge in [-0.05, 0) is 137 Å². The average Bonchev–Trinajstić information content (AvgIpc) is 1.75. The van der Waals surface area contributed by atoms with E-state index in [-0.39, 0.29) is 61.2 Å². The molecule has 6 aliphatic heterocycles. The van der Waals surface area contributed by atoms with Crippen LogP contribution in [0.4, 0.5) is 8.78 Å². The minimum Gasteiger partial charge on any atom is -0.496 e. The lowest BCUT2D eigenvalue weighted by Crippen LogP contribution is -2.34. The van der Waals surface area contributed by atoms with Crippen LogP contribution in [0.25, 0.3) is 21.5 Å². The number of hydrogen-bond acceptors (Lipinski definition) is 19. The highest BCUT2D eigenvalue weighted by atomic mass is 127. The highest BCUT2D eigenvalue weighted by Gasteiger charge is 2.43. The minimum atomic E-state index is -1.56. The van der Waals surface area contributed by atoms with Crippen molar-refractivity contribution < 1.29 is 61.1 Å². The van der Waals surface area contributed by atoms with Gasteiger partial charge in [0.25, 0.3) is 17.7 Å². The first kappa shape index (κ1) is 83.2. The first-order chi connectivity index (χ1) is 54.7. The highest BCUT2D eigenvalue weighted by Crippen LogP contribution is 2.37. The molecule has 6 aliphatic rings. The number of carbonyl (C=O) groups excluding carboxylic acids is 3. The maximum Gasteiger partial charge on any atom is 0.255 e. The number of aromatic nitrogens is 12. The molecular formula is C82H93F2IN16O11Si. The van der Waals surface area contributed by atoms with Crippen LogP contribution in [0.2, 0.25) is 19.6 Å². The van der Waals surface area contributed by atoms with Gasteiger partial charge < -0.3 is 54.3 Å². The molecule has 7 aromatic heterocycles. The van der Waals surface area contributed by atoms with Gasteiger partial charge in [0.2, 0.25) is 11.8 Å². The van der Waals surface area contributed by atoms with Gasteiger partial charge in [-0.2, -0.15) is 30.8 Å². The Morgan fingerprint density at radius 1 is 0.584 bits per heavy atom. The van der Waals surface area contributed by atoms with Gasteiger partial charge in [-0.25, -0.2) is 37.5 Å². The van der Waals surface area contributed by atoms with Crippen LogP contribution in [0.1, 0.15) is 178 Å². The summed E-state index contributed by atoms with van der Waals surface area (Å²) in [5.41, 5.74) is 13.8. The van der Waals surface area contributed by atoms with Gasteiger partial charge in [0, 0.05) is 103 Å². The average molecular weight is 1670 g/mol. The lowest BCUT2D eigenvalue weighted by molar-refractivity contribution is -0.124. The summed E-state index contributed by atoms with van der Waals surface area (Å²) >= 11 is 2.26. The molecule has 2 aromatic carbocycles. The molecule has 4 unspecified atom stereocenters. The van der Waals surface area contributed by atoms with E-state index in [0.717, 1.165) is 88.1 Å². The normalized spacial score (nSPS) is 21.7. The second-order valence-electron chi connectivity index (χ2n) is 28.6. The van der Waals surface area contributed by atoms with E-state index in [1.54, 1.807) is 59.9 Å². The molecule has 592 valence electrons. The number of methoxy groups -OCH3 is 2. The van der Waals surface area contributed by atoms with Crippen LogP contribution in [0.15, 0.2) is 98.6 Å². The van der Waals surface area contributed by atoms with Gasteiger partial charge in [-0.1, -0.05) is 69.0 Å². The Balaban J connectivity index is 0.000000150. The summed E-state index contributed by atoms with van der Waals surface area (Å²) < 4.78 is 82.2.